The van der Waals surface area contributed by atoms with Crippen molar-refractivity contribution in [1.82, 2.24) is 15.5 Å². The molecule has 0 aliphatic carbocycles. The van der Waals surface area contributed by atoms with E-state index in [2.05, 4.69) is 52.8 Å². The summed E-state index contributed by atoms with van der Waals surface area (Å²) in [6.07, 6.45) is 0. The number of benzene rings is 2. The van der Waals surface area contributed by atoms with Crippen molar-refractivity contribution in [3.8, 4) is 5.75 Å². The summed E-state index contributed by atoms with van der Waals surface area (Å²) in [4.78, 5) is 6.48. The van der Waals surface area contributed by atoms with E-state index in [9.17, 15) is 0 Å². The monoisotopic (exact) mass is 374 g/mol. The zero-order valence-electron chi connectivity index (χ0n) is 15.8. The van der Waals surface area contributed by atoms with Gasteiger partial charge in [-0.1, -0.05) is 35.9 Å². The molecule has 6 heteroatoms. The van der Waals surface area contributed by atoms with E-state index >= 15 is 0 Å². The molecular formula is C20H27ClN4O. The van der Waals surface area contributed by atoms with Gasteiger partial charge < -0.3 is 20.3 Å². The number of likely N-dealkylation sites (N-methyl/N-ethyl adjacent to an activating group) is 1. The van der Waals surface area contributed by atoms with Crippen LogP contribution in [-0.2, 0) is 6.54 Å². The van der Waals surface area contributed by atoms with Crippen molar-refractivity contribution in [3.63, 3.8) is 0 Å². The number of halogens is 1. The van der Waals surface area contributed by atoms with E-state index < -0.39 is 0 Å². The summed E-state index contributed by atoms with van der Waals surface area (Å²) in [5.74, 6) is 1.61. The summed E-state index contributed by atoms with van der Waals surface area (Å²) in [5.41, 5.74) is 2.34. The van der Waals surface area contributed by atoms with Crippen LogP contribution in [0.3, 0.4) is 0 Å². The van der Waals surface area contributed by atoms with E-state index in [1.165, 1.54) is 5.56 Å². The molecule has 0 fully saturated rings. The smallest absolute Gasteiger partial charge is 0.191 e. The second-order valence-corrected chi connectivity index (χ2v) is 6.63. The van der Waals surface area contributed by atoms with E-state index in [1.54, 1.807) is 14.2 Å². The third kappa shape index (κ3) is 5.93. The number of nitrogens with zero attached hydrogens (tertiary/aromatic N) is 2. The van der Waals surface area contributed by atoms with Crippen molar-refractivity contribution in [2.24, 2.45) is 4.99 Å². The van der Waals surface area contributed by atoms with Crippen LogP contribution in [-0.4, -0.2) is 45.7 Å². The first kappa shape index (κ1) is 20.1. The van der Waals surface area contributed by atoms with Crippen LogP contribution in [0.5, 0.6) is 5.75 Å². The van der Waals surface area contributed by atoms with Crippen molar-refractivity contribution in [3.05, 3.63) is 64.7 Å². The Balaban J connectivity index is 1.94. The van der Waals surface area contributed by atoms with Gasteiger partial charge in [0.15, 0.2) is 5.96 Å². The Morgan fingerprint density at radius 1 is 1.15 bits per heavy atom. The molecule has 1 unspecified atom stereocenters. The highest BCUT2D eigenvalue weighted by molar-refractivity contribution is 6.30. The third-order valence-corrected chi connectivity index (χ3v) is 4.41. The largest absolute Gasteiger partial charge is 0.497 e. The van der Waals surface area contributed by atoms with E-state index in [0.717, 1.165) is 28.8 Å². The molecule has 0 aliphatic rings. The summed E-state index contributed by atoms with van der Waals surface area (Å²) in [7, 11) is 7.57. The molecule has 1 atom stereocenters. The predicted octanol–water partition coefficient (Wildman–Crippen LogP) is 3.32. The van der Waals surface area contributed by atoms with Gasteiger partial charge in [0.05, 0.1) is 13.2 Å². The molecule has 0 aliphatic heterocycles. The molecule has 0 saturated heterocycles. The van der Waals surface area contributed by atoms with Crippen LogP contribution in [0.2, 0.25) is 5.02 Å². The number of aliphatic imine (C=N–C) groups is 1. The molecule has 0 aromatic heterocycles. The van der Waals surface area contributed by atoms with Gasteiger partial charge in [-0.3, -0.25) is 4.99 Å². The highest BCUT2D eigenvalue weighted by Crippen LogP contribution is 2.19. The van der Waals surface area contributed by atoms with Crippen LogP contribution in [0, 0.1) is 0 Å². The highest BCUT2D eigenvalue weighted by Gasteiger charge is 2.14. The van der Waals surface area contributed by atoms with E-state index in [-0.39, 0.29) is 6.04 Å². The molecule has 0 radical (unpaired) electrons. The topological polar surface area (TPSA) is 48.9 Å². The minimum Gasteiger partial charge on any atom is -0.497 e. The first-order chi connectivity index (χ1) is 12.5. The zero-order chi connectivity index (χ0) is 18.9. The Kier molecular flexibility index (Phi) is 7.75. The third-order valence-electron chi connectivity index (χ3n) is 4.16. The fourth-order valence-electron chi connectivity index (χ4n) is 2.67. The summed E-state index contributed by atoms with van der Waals surface area (Å²) in [6.45, 7) is 1.40. The van der Waals surface area contributed by atoms with Crippen molar-refractivity contribution < 1.29 is 4.74 Å². The van der Waals surface area contributed by atoms with Gasteiger partial charge in [0.2, 0.25) is 0 Å². The molecular weight excluding hydrogens is 348 g/mol. The van der Waals surface area contributed by atoms with Crippen molar-refractivity contribution in [1.29, 1.82) is 0 Å². The molecule has 26 heavy (non-hydrogen) atoms. The van der Waals surface area contributed by atoms with Gasteiger partial charge in [-0.05, 0) is 49.5 Å². The maximum absolute atomic E-state index is 6.00. The first-order valence-electron chi connectivity index (χ1n) is 8.53. The molecule has 0 saturated carbocycles. The maximum atomic E-state index is 6.00. The lowest BCUT2D eigenvalue weighted by molar-refractivity contribution is 0.298. The normalized spacial score (nSPS) is 12.8. The average Bonchev–Trinajstić information content (AvgIpc) is 2.65. The number of methoxy groups -OCH3 is 1. The lowest BCUT2D eigenvalue weighted by Gasteiger charge is -2.26. The first-order valence-corrected chi connectivity index (χ1v) is 8.90. The maximum Gasteiger partial charge on any atom is 0.191 e. The lowest BCUT2D eigenvalue weighted by atomic mass is 10.1. The SMILES string of the molecule is CN=C(NCc1cccc(OC)c1)NCC(c1ccc(Cl)cc1)N(C)C. The predicted molar refractivity (Wildman–Crippen MR) is 109 cm³/mol. The Morgan fingerprint density at radius 3 is 2.50 bits per heavy atom. The second-order valence-electron chi connectivity index (χ2n) is 6.19. The van der Waals surface area contributed by atoms with Crippen LogP contribution in [0.25, 0.3) is 0 Å². The Labute approximate surface area is 161 Å². The molecule has 2 aromatic carbocycles. The molecule has 2 aromatic rings. The van der Waals surface area contributed by atoms with E-state index in [0.29, 0.717) is 6.54 Å². The highest BCUT2D eigenvalue weighted by atomic mass is 35.5. The molecule has 2 N–H and O–H groups in total. The van der Waals surface area contributed by atoms with Crippen molar-refractivity contribution in [2.75, 3.05) is 34.8 Å². The molecule has 5 nitrogen and oxygen atoms in total. The molecule has 0 amide bonds. The minimum absolute atomic E-state index is 0.211. The standard InChI is InChI=1S/C20H27ClN4O/c1-22-20(23-13-15-6-5-7-18(12-15)26-4)24-14-19(25(2)3)16-8-10-17(21)11-9-16/h5-12,19H,13-14H2,1-4H3,(H2,22,23,24). The van der Waals surface area contributed by atoms with Crippen LogP contribution >= 0.6 is 11.6 Å². The van der Waals surface area contributed by atoms with Gasteiger partial charge in [0, 0.05) is 25.2 Å². The number of hydrogen-bond donors (Lipinski definition) is 2. The Morgan fingerprint density at radius 2 is 1.88 bits per heavy atom. The van der Waals surface area contributed by atoms with Gasteiger partial charge in [0.25, 0.3) is 0 Å². The number of guanidine groups is 1. The van der Waals surface area contributed by atoms with E-state index in [1.807, 2.05) is 30.3 Å². The summed E-state index contributed by atoms with van der Waals surface area (Å²) in [5, 5.41) is 7.48. The van der Waals surface area contributed by atoms with Gasteiger partial charge in [-0.2, -0.15) is 0 Å². The lowest BCUT2D eigenvalue weighted by Crippen LogP contribution is -2.41. The number of hydrogen-bond acceptors (Lipinski definition) is 3. The Bertz CT molecular complexity index is 716. The fourth-order valence-corrected chi connectivity index (χ4v) is 2.79. The number of nitrogens with one attached hydrogen (secondary N) is 2. The van der Waals surface area contributed by atoms with Crippen molar-refractivity contribution >= 4 is 17.6 Å². The quantitative estimate of drug-likeness (QED) is 0.576. The van der Waals surface area contributed by atoms with Gasteiger partial charge in [-0.25, -0.2) is 0 Å². The molecule has 140 valence electrons. The van der Waals surface area contributed by atoms with Gasteiger partial charge in [-0.15, -0.1) is 0 Å². The zero-order valence-corrected chi connectivity index (χ0v) is 16.5. The molecule has 0 heterocycles. The molecule has 0 spiro atoms. The van der Waals surface area contributed by atoms with Crippen LogP contribution in [0.4, 0.5) is 0 Å². The van der Waals surface area contributed by atoms with Crippen LogP contribution in [0.15, 0.2) is 53.5 Å². The molecule has 0 bridgehead atoms. The average molecular weight is 375 g/mol. The summed E-state index contributed by atoms with van der Waals surface area (Å²) >= 11 is 6.00. The minimum atomic E-state index is 0.211. The summed E-state index contributed by atoms with van der Waals surface area (Å²) in [6, 6.07) is 16.1. The van der Waals surface area contributed by atoms with Gasteiger partial charge >= 0.3 is 0 Å². The van der Waals surface area contributed by atoms with Gasteiger partial charge in [0.1, 0.15) is 5.75 Å². The molecule has 2 rings (SSSR count). The Hall–Kier alpha value is -2.24. The van der Waals surface area contributed by atoms with Crippen LogP contribution < -0.4 is 15.4 Å². The number of rotatable bonds is 7. The second kappa shape index (κ2) is 10.0. The van der Waals surface area contributed by atoms with Crippen LogP contribution in [0.1, 0.15) is 17.2 Å². The van der Waals surface area contributed by atoms with E-state index in [4.69, 9.17) is 16.3 Å². The fraction of sp³-hybridized carbons (Fsp3) is 0.350. The number of ether oxygens (including phenoxy) is 1. The summed E-state index contributed by atoms with van der Waals surface area (Å²) < 4.78 is 5.26. The van der Waals surface area contributed by atoms with Crippen molar-refractivity contribution in [2.45, 2.75) is 12.6 Å².